The van der Waals surface area contributed by atoms with Crippen LogP contribution in [0.4, 0.5) is 0 Å². The molecule has 0 atom stereocenters. The molecule has 8 rings (SSSR count). The molecule has 0 unspecified atom stereocenters. The van der Waals surface area contributed by atoms with Gasteiger partial charge in [-0.3, -0.25) is 0 Å². The summed E-state index contributed by atoms with van der Waals surface area (Å²) in [5, 5.41) is 5.33. The second-order valence-electron chi connectivity index (χ2n) is 11.0. The Kier molecular flexibility index (Phi) is 4.35. The monoisotopic (exact) mass is 485 g/mol. The summed E-state index contributed by atoms with van der Waals surface area (Å²) in [6.07, 6.45) is 0. The first-order valence-electron chi connectivity index (χ1n) is 13.4. The quantitative estimate of drug-likeness (QED) is 0.230. The minimum absolute atomic E-state index is 0.0969. The molecular weight excluding hydrogens is 458 g/mol. The molecule has 0 radical (unpaired) electrons. The van der Waals surface area contributed by atoms with Crippen LogP contribution in [0.15, 0.2) is 127 Å². The lowest BCUT2D eigenvalue weighted by Gasteiger charge is -2.23. The van der Waals surface area contributed by atoms with Gasteiger partial charge < -0.3 is 4.57 Å². The molecule has 0 spiro atoms. The lowest BCUT2D eigenvalue weighted by molar-refractivity contribution is 0.667. The van der Waals surface area contributed by atoms with Crippen LogP contribution >= 0.6 is 0 Å². The summed E-state index contributed by atoms with van der Waals surface area (Å²) < 4.78 is 2.49. The molecule has 7 aromatic rings. The maximum atomic E-state index is 2.49. The van der Waals surface area contributed by atoms with Crippen molar-refractivity contribution in [3.05, 3.63) is 139 Å². The molecule has 1 heterocycles. The predicted octanol–water partition coefficient (Wildman–Crippen LogP) is 9.91. The molecule has 1 aliphatic rings. The zero-order valence-electron chi connectivity index (χ0n) is 21.6. The van der Waals surface area contributed by atoms with E-state index < -0.39 is 0 Å². The molecule has 0 bridgehead atoms. The van der Waals surface area contributed by atoms with Gasteiger partial charge in [0.1, 0.15) is 0 Å². The van der Waals surface area contributed by atoms with E-state index in [0.29, 0.717) is 0 Å². The van der Waals surface area contributed by atoms with Gasteiger partial charge in [0.2, 0.25) is 0 Å². The van der Waals surface area contributed by atoms with Crippen molar-refractivity contribution in [2.24, 2.45) is 0 Å². The molecule has 180 valence electrons. The van der Waals surface area contributed by atoms with Crippen molar-refractivity contribution >= 4 is 32.6 Å². The highest BCUT2D eigenvalue weighted by molar-refractivity contribution is 6.25. The number of aromatic nitrogens is 1. The van der Waals surface area contributed by atoms with E-state index in [-0.39, 0.29) is 5.41 Å². The summed E-state index contributed by atoms with van der Waals surface area (Å²) in [5.74, 6) is 0. The van der Waals surface area contributed by atoms with Gasteiger partial charge in [0.15, 0.2) is 0 Å². The second kappa shape index (κ2) is 7.69. The Morgan fingerprint density at radius 1 is 0.526 bits per heavy atom. The Balaban J connectivity index is 1.53. The van der Waals surface area contributed by atoms with E-state index in [2.05, 4.69) is 146 Å². The van der Waals surface area contributed by atoms with Crippen LogP contribution in [0.25, 0.3) is 60.5 Å². The summed E-state index contributed by atoms with van der Waals surface area (Å²) in [6.45, 7) is 4.79. The van der Waals surface area contributed by atoms with Crippen LogP contribution in [0.5, 0.6) is 0 Å². The average molecular weight is 486 g/mol. The number of rotatable bonds is 2. The fourth-order valence-electron chi connectivity index (χ4n) is 6.90. The molecule has 1 aromatic heterocycles. The third-order valence-corrected chi connectivity index (χ3v) is 8.55. The Morgan fingerprint density at radius 2 is 1.13 bits per heavy atom. The maximum Gasteiger partial charge on any atom is 0.0623 e. The van der Waals surface area contributed by atoms with Gasteiger partial charge in [-0.1, -0.05) is 123 Å². The number of benzene rings is 6. The topological polar surface area (TPSA) is 4.93 Å². The molecule has 6 aromatic carbocycles. The molecule has 0 saturated heterocycles. The maximum absolute atomic E-state index is 2.49. The first-order valence-corrected chi connectivity index (χ1v) is 13.4. The molecule has 0 N–H and O–H groups in total. The molecule has 1 heteroatoms. The summed E-state index contributed by atoms with van der Waals surface area (Å²) >= 11 is 0. The largest absolute Gasteiger partial charge is 0.309 e. The number of hydrogen-bond donors (Lipinski definition) is 0. The lowest BCUT2D eigenvalue weighted by Crippen LogP contribution is -2.15. The minimum atomic E-state index is -0.0969. The van der Waals surface area contributed by atoms with Crippen LogP contribution in [0, 0.1) is 0 Å². The smallest absolute Gasteiger partial charge is 0.0623 e. The molecule has 0 aliphatic heterocycles. The summed E-state index contributed by atoms with van der Waals surface area (Å²) in [7, 11) is 0. The minimum Gasteiger partial charge on any atom is -0.309 e. The highest BCUT2D eigenvalue weighted by Gasteiger charge is 2.39. The Hall–Kier alpha value is -4.62. The molecule has 0 saturated carbocycles. The fourth-order valence-corrected chi connectivity index (χ4v) is 6.90. The van der Waals surface area contributed by atoms with Crippen LogP contribution in [-0.4, -0.2) is 4.57 Å². The number of nitrogens with zero attached hydrogens (tertiary/aromatic N) is 1. The third kappa shape index (κ3) is 2.76. The van der Waals surface area contributed by atoms with Crippen LogP contribution < -0.4 is 0 Å². The highest BCUT2D eigenvalue weighted by atomic mass is 15.0. The van der Waals surface area contributed by atoms with Crippen molar-refractivity contribution < 1.29 is 0 Å². The number of hydrogen-bond acceptors (Lipinski definition) is 0. The Morgan fingerprint density at radius 3 is 1.92 bits per heavy atom. The van der Waals surface area contributed by atoms with Crippen molar-refractivity contribution in [1.82, 2.24) is 4.57 Å². The summed E-state index contributed by atoms with van der Waals surface area (Å²) in [4.78, 5) is 0. The lowest BCUT2D eigenvalue weighted by atomic mass is 9.79. The zero-order chi connectivity index (χ0) is 25.4. The van der Waals surface area contributed by atoms with Crippen LogP contribution in [0.1, 0.15) is 25.0 Å². The normalized spacial score (nSPS) is 13.7. The summed E-state index contributed by atoms with van der Waals surface area (Å²) in [5.41, 5.74) is 11.7. The van der Waals surface area contributed by atoms with Gasteiger partial charge in [0.05, 0.1) is 11.0 Å². The van der Waals surface area contributed by atoms with Gasteiger partial charge in [0.25, 0.3) is 0 Å². The number of para-hydroxylation sites is 1. The second-order valence-corrected chi connectivity index (χ2v) is 11.0. The molecular formula is C37H27N. The van der Waals surface area contributed by atoms with Gasteiger partial charge >= 0.3 is 0 Å². The fraction of sp³-hybridized carbons (Fsp3) is 0.0811. The number of fused-ring (bicyclic) bond motifs is 10. The molecule has 1 aliphatic carbocycles. The van der Waals surface area contributed by atoms with E-state index in [0.717, 1.165) is 0 Å². The van der Waals surface area contributed by atoms with Gasteiger partial charge in [-0.15, -0.1) is 0 Å². The van der Waals surface area contributed by atoms with E-state index in [1.54, 1.807) is 0 Å². The van der Waals surface area contributed by atoms with Crippen LogP contribution in [0.2, 0.25) is 0 Å². The highest BCUT2D eigenvalue weighted by Crippen LogP contribution is 2.56. The first kappa shape index (κ1) is 21.5. The van der Waals surface area contributed by atoms with Crippen molar-refractivity contribution in [2.45, 2.75) is 19.3 Å². The van der Waals surface area contributed by atoms with Crippen molar-refractivity contribution in [3.63, 3.8) is 0 Å². The van der Waals surface area contributed by atoms with Crippen LogP contribution in [0.3, 0.4) is 0 Å². The van der Waals surface area contributed by atoms with E-state index in [1.807, 2.05) is 0 Å². The predicted molar refractivity (Wildman–Crippen MR) is 161 cm³/mol. The summed E-state index contributed by atoms with van der Waals surface area (Å²) in [6, 6.07) is 46.6. The third-order valence-electron chi connectivity index (χ3n) is 8.55. The molecule has 38 heavy (non-hydrogen) atoms. The average Bonchev–Trinajstić information content (AvgIpc) is 3.43. The van der Waals surface area contributed by atoms with Crippen molar-refractivity contribution in [2.75, 3.05) is 0 Å². The zero-order valence-corrected chi connectivity index (χ0v) is 21.6. The standard InChI is InChI=1S/C37H27N/c1-37(2)31-18-10-8-16-29(31)33-27-14-6-7-15-28(27)36-34(35(33)37)30-17-9-11-19-32(30)38(36)26-22-20-25(21-23-26)24-12-4-3-5-13-24/h3-23H,1-2H3. The Labute approximate surface area is 222 Å². The first-order chi connectivity index (χ1) is 18.6. The van der Waals surface area contributed by atoms with E-state index >= 15 is 0 Å². The van der Waals surface area contributed by atoms with Gasteiger partial charge in [0, 0.05) is 27.3 Å². The SMILES string of the molecule is CC1(C)c2ccccc2-c2c1c1c3ccccc3n(-c3ccc(-c4ccccc4)cc3)c1c1ccccc21. The van der Waals surface area contributed by atoms with E-state index in [9.17, 15) is 0 Å². The van der Waals surface area contributed by atoms with Gasteiger partial charge in [-0.05, 0) is 57.0 Å². The van der Waals surface area contributed by atoms with Gasteiger partial charge in [-0.2, -0.15) is 0 Å². The van der Waals surface area contributed by atoms with E-state index in [4.69, 9.17) is 0 Å². The van der Waals surface area contributed by atoms with Crippen molar-refractivity contribution in [1.29, 1.82) is 0 Å². The Bertz CT molecular complexity index is 2020. The van der Waals surface area contributed by atoms with Crippen molar-refractivity contribution in [3.8, 4) is 27.9 Å². The molecule has 0 amide bonds. The van der Waals surface area contributed by atoms with E-state index in [1.165, 1.54) is 71.6 Å². The molecule has 1 nitrogen and oxygen atoms in total. The molecule has 0 fully saturated rings. The van der Waals surface area contributed by atoms with Crippen LogP contribution in [-0.2, 0) is 5.41 Å². The van der Waals surface area contributed by atoms with Gasteiger partial charge in [-0.25, -0.2) is 0 Å².